The predicted molar refractivity (Wildman–Crippen MR) is 62.3 cm³/mol. The minimum Gasteiger partial charge on any atom is -0.455 e. The number of esters is 1. The first-order valence-corrected chi connectivity index (χ1v) is 5.87. The van der Waals surface area contributed by atoms with Crippen molar-refractivity contribution in [3.8, 4) is 11.5 Å². The summed E-state index contributed by atoms with van der Waals surface area (Å²) in [6.07, 6.45) is 1.86. The van der Waals surface area contributed by atoms with E-state index in [0.29, 0.717) is 11.8 Å². The number of rotatable bonds is 4. The summed E-state index contributed by atoms with van der Waals surface area (Å²) in [5.74, 6) is 0.673. The maximum atomic E-state index is 11.3. The van der Waals surface area contributed by atoms with Crippen LogP contribution in [-0.4, -0.2) is 16.2 Å². The lowest BCUT2D eigenvalue weighted by Crippen LogP contribution is -2.06. The van der Waals surface area contributed by atoms with Gasteiger partial charge in [-0.05, 0) is 25.0 Å². The van der Waals surface area contributed by atoms with Crippen molar-refractivity contribution in [2.45, 2.75) is 19.4 Å². The minimum atomic E-state index is -0.172. The highest BCUT2D eigenvalue weighted by atomic mass is 16.5. The molecule has 0 bridgehead atoms. The van der Waals surface area contributed by atoms with Gasteiger partial charge in [0.05, 0.1) is 5.92 Å². The van der Waals surface area contributed by atoms with Crippen LogP contribution in [0.5, 0.6) is 0 Å². The molecular formula is C13H12N2O3. The summed E-state index contributed by atoms with van der Waals surface area (Å²) >= 11 is 0. The fourth-order valence-electron chi connectivity index (χ4n) is 1.58. The summed E-state index contributed by atoms with van der Waals surface area (Å²) in [4.78, 5) is 11.3. The van der Waals surface area contributed by atoms with E-state index in [1.807, 2.05) is 30.3 Å². The average Bonchev–Trinajstić information content (AvgIpc) is 3.16. The molecule has 1 saturated carbocycles. The Hall–Kier alpha value is -2.17. The number of hydrogen-bond donors (Lipinski definition) is 0. The zero-order valence-electron chi connectivity index (χ0n) is 9.70. The van der Waals surface area contributed by atoms with Crippen LogP contribution < -0.4 is 0 Å². The number of benzene rings is 1. The van der Waals surface area contributed by atoms with Crippen molar-refractivity contribution in [1.29, 1.82) is 0 Å². The number of ether oxygens (including phenoxy) is 1. The Morgan fingerprint density at radius 3 is 2.78 bits per heavy atom. The van der Waals surface area contributed by atoms with Gasteiger partial charge in [0.1, 0.15) is 0 Å². The van der Waals surface area contributed by atoms with Gasteiger partial charge in [-0.3, -0.25) is 4.79 Å². The van der Waals surface area contributed by atoms with E-state index >= 15 is 0 Å². The zero-order chi connectivity index (χ0) is 12.4. The molecule has 2 aromatic rings. The number of hydrogen-bond acceptors (Lipinski definition) is 5. The first-order chi connectivity index (χ1) is 8.83. The van der Waals surface area contributed by atoms with Crippen LogP contribution in [0.2, 0.25) is 0 Å². The molecule has 92 valence electrons. The quantitative estimate of drug-likeness (QED) is 0.771. The third-order valence-corrected chi connectivity index (χ3v) is 2.74. The largest absolute Gasteiger partial charge is 0.455 e. The van der Waals surface area contributed by atoms with E-state index in [9.17, 15) is 4.79 Å². The molecule has 1 aliphatic rings. The molecule has 3 rings (SSSR count). The van der Waals surface area contributed by atoms with Gasteiger partial charge < -0.3 is 9.15 Å². The molecule has 1 heterocycles. The van der Waals surface area contributed by atoms with E-state index in [2.05, 4.69) is 10.2 Å². The molecule has 5 heteroatoms. The lowest BCUT2D eigenvalue weighted by Gasteiger charge is -1.98. The fourth-order valence-corrected chi connectivity index (χ4v) is 1.58. The van der Waals surface area contributed by atoms with Gasteiger partial charge in [-0.15, -0.1) is 10.2 Å². The molecule has 0 saturated heterocycles. The highest BCUT2D eigenvalue weighted by Gasteiger charge is 2.31. The van der Waals surface area contributed by atoms with E-state index in [4.69, 9.17) is 9.15 Å². The molecule has 0 spiro atoms. The van der Waals surface area contributed by atoms with Crippen molar-refractivity contribution < 1.29 is 13.9 Å². The number of carbonyl (C=O) groups excluding carboxylic acids is 1. The van der Waals surface area contributed by atoms with Gasteiger partial charge in [-0.25, -0.2) is 0 Å². The average molecular weight is 244 g/mol. The standard InChI is InChI=1S/C13H12N2O3/c16-13(10-6-7-10)17-8-11-14-15-12(18-11)9-4-2-1-3-5-9/h1-5,10H,6-8H2. The van der Waals surface area contributed by atoms with Crippen LogP contribution in [0, 0.1) is 5.92 Å². The zero-order valence-corrected chi connectivity index (χ0v) is 9.70. The summed E-state index contributed by atoms with van der Waals surface area (Å²) in [7, 11) is 0. The van der Waals surface area contributed by atoms with E-state index < -0.39 is 0 Å². The maximum Gasteiger partial charge on any atom is 0.309 e. The third kappa shape index (κ3) is 2.40. The van der Waals surface area contributed by atoms with Crippen LogP contribution in [0.15, 0.2) is 34.7 Å². The highest BCUT2D eigenvalue weighted by molar-refractivity contribution is 5.74. The minimum absolute atomic E-state index is 0.0508. The van der Waals surface area contributed by atoms with Crippen LogP contribution in [0.4, 0.5) is 0 Å². The molecule has 0 N–H and O–H groups in total. The van der Waals surface area contributed by atoms with Gasteiger partial charge in [-0.2, -0.15) is 0 Å². The van der Waals surface area contributed by atoms with Crippen LogP contribution in [-0.2, 0) is 16.1 Å². The number of nitrogens with zero attached hydrogens (tertiary/aromatic N) is 2. The van der Waals surface area contributed by atoms with Gasteiger partial charge in [0, 0.05) is 5.56 Å². The second-order valence-corrected chi connectivity index (χ2v) is 4.25. The summed E-state index contributed by atoms with van der Waals surface area (Å²) in [6, 6.07) is 9.47. The Labute approximate surface area is 104 Å². The predicted octanol–water partition coefficient (Wildman–Crippen LogP) is 2.19. The van der Waals surface area contributed by atoms with Crippen molar-refractivity contribution in [1.82, 2.24) is 10.2 Å². The normalized spacial score (nSPS) is 14.4. The van der Waals surface area contributed by atoms with E-state index in [0.717, 1.165) is 18.4 Å². The third-order valence-electron chi connectivity index (χ3n) is 2.74. The smallest absolute Gasteiger partial charge is 0.309 e. The molecule has 1 aliphatic carbocycles. The van der Waals surface area contributed by atoms with Crippen molar-refractivity contribution >= 4 is 5.97 Å². The molecule has 1 aromatic carbocycles. The van der Waals surface area contributed by atoms with Gasteiger partial charge in [0.2, 0.25) is 5.89 Å². The summed E-state index contributed by atoms with van der Waals surface area (Å²) in [5.41, 5.74) is 0.852. The Bertz CT molecular complexity index is 546. The molecule has 0 aliphatic heterocycles. The van der Waals surface area contributed by atoms with E-state index in [1.165, 1.54) is 0 Å². The fraction of sp³-hybridized carbons (Fsp3) is 0.308. The van der Waals surface area contributed by atoms with E-state index in [1.54, 1.807) is 0 Å². The Morgan fingerprint density at radius 2 is 2.06 bits per heavy atom. The summed E-state index contributed by atoms with van der Waals surface area (Å²) in [5, 5.41) is 7.77. The van der Waals surface area contributed by atoms with Crippen molar-refractivity contribution in [2.24, 2.45) is 5.92 Å². The molecule has 0 unspecified atom stereocenters. The van der Waals surface area contributed by atoms with Crippen molar-refractivity contribution in [2.75, 3.05) is 0 Å². The monoisotopic (exact) mass is 244 g/mol. The lowest BCUT2D eigenvalue weighted by atomic mass is 10.2. The second kappa shape index (κ2) is 4.60. The molecule has 0 atom stereocenters. The molecule has 0 radical (unpaired) electrons. The summed E-state index contributed by atoms with van der Waals surface area (Å²) in [6.45, 7) is 0.0508. The molecule has 1 fully saturated rings. The van der Waals surface area contributed by atoms with Gasteiger partial charge >= 0.3 is 5.97 Å². The topological polar surface area (TPSA) is 65.2 Å². The maximum absolute atomic E-state index is 11.3. The Kier molecular flexibility index (Phi) is 2.80. The molecule has 0 amide bonds. The Balaban J connectivity index is 1.64. The first-order valence-electron chi connectivity index (χ1n) is 5.87. The van der Waals surface area contributed by atoms with Crippen molar-refractivity contribution in [3.63, 3.8) is 0 Å². The van der Waals surface area contributed by atoms with Crippen LogP contribution in [0.25, 0.3) is 11.5 Å². The van der Waals surface area contributed by atoms with Gasteiger partial charge in [0.25, 0.3) is 5.89 Å². The first kappa shape index (κ1) is 11.0. The highest BCUT2D eigenvalue weighted by Crippen LogP contribution is 2.30. The SMILES string of the molecule is O=C(OCc1nnc(-c2ccccc2)o1)C1CC1. The number of aromatic nitrogens is 2. The summed E-state index contributed by atoms with van der Waals surface area (Å²) < 4.78 is 10.5. The number of carbonyl (C=O) groups is 1. The van der Waals surface area contributed by atoms with E-state index in [-0.39, 0.29) is 18.5 Å². The molecular weight excluding hydrogens is 232 g/mol. The van der Waals surface area contributed by atoms with Gasteiger partial charge in [-0.1, -0.05) is 18.2 Å². The molecule has 18 heavy (non-hydrogen) atoms. The van der Waals surface area contributed by atoms with Gasteiger partial charge in [0.15, 0.2) is 6.61 Å². The molecule has 5 nitrogen and oxygen atoms in total. The van der Waals surface area contributed by atoms with Crippen LogP contribution in [0.1, 0.15) is 18.7 Å². The molecule has 1 aromatic heterocycles. The lowest BCUT2D eigenvalue weighted by molar-refractivity contribution is -0.147. The van der Waals surface area contributed by atoms with Crippen molar-refractivity contribution in [3.05, 3.63) is 36.2 Å². The van der Waals surface area contributed by atoms with Crippen LogP contribution >= 0.6 is 0 Å². The second-order valence-electron chi connectivity index (χ2n) is 4.25. The van der Waals surface area contributed by atoms with Crippen LogP contribution in [0.3, 0.4) is 0 Å². The Morgan fingerprint density at radius 1 is 1.28 bits per heavy atom.